The summed E-state index contributed by atoms with van der Waals surface area (Å²) in [6, 6.07) is 0. The Morgan fingerprint density at radius 1 is 1.25 bits per heavy atom. The summed E-state index contributed by atoms with van der Waals surface area (Å²) in [5.41, 5.74) is 2.31. The van der Waals surface area contributed by atoms with Gasteiger partial charge in [-0.25, -0.2) is 0 Å². The van der Waals surface area contributed by atoms with E-state index >= 15 is 0 Å². The van der Waals surface area contributed by atoms with E-state index in [0.717, 1.165) is 24.1 Å². The second kappa shape index (κ2) is 15.6. The van der Waals surface area contributed by atoms with Crippen molar-refractivity contribution < 1.29 is 75.3 Å². The van der Waals surface area contributed by atoms with E-state index in [-0.39, 0.29) is 51.4 Å². The van der Waals surface area contributed by atoms with Crippen LogP contribution >= 0.6 is 24.1 Å². The van der Waals surface area contributed by atoms with Crippen LogP contribution in [0, 0.1) is 0 Å². The molecule has 0 aromatic carbocycles. The van der Waals surface area contributed by atoms with Crippen molar-refractivity contribution in [3.63, 3.8) is 0 Å². The number of rotatable bonds is 8. The van der Waals surface area contributed by atoms with Crippen LogP contribution in [-0.4, -0.2) is 18.6 Å². The van der Waals surface area contributed by atoms with Gasteiger partial charge in [0.1, 0.15) is 0 Å². The Bertz CT molecular complexity index is 73.7. The number of hydroxylamine groups is 1. The van der Waals surface area contributed by atoms with Gasteiger partial charge in [0.2, 0.25) is 0 Å². The largest absolute Gasteiger partial charge is 1.00 e. The van der Waals surface area contributed by atoms with E-state index in [0.29, 0.717) is 11.5 Å². The van der Waals surface area contributed by atoms with Crippen LogP contribution in [0.2, 0.25) is 0 Å². The normalized spacial score (nSPS) is 9.50. The zero-order valence-corrected chi connectivity index (χ0v) is 11.5. The van der Waals surface area contributed by atoms with E-state index in [9.17, 15) is 5.26 Å². The van der Waals surface area contributed by atoms with Crippen LogP contribution in [-0.2, 0) is 18.7 Å². The van der Waals surface area contributed by atoms with E-state index in [1.807, 2.05) is 0 Å². The first kappa shape index (κ1) is 16.5. The number of hydrogen-bond donors (Lipinski definition) is 1. The molecule has 0 rings (SSSR count). The molecule has 68 valence electrons. The third-order valence-corrected chi connectivity index (χ3v) is 1.81. The van der Waals surface area contributed by atoms with Gasteiger partial charge < -0.3 is 5.26 Å². The summed E-state index contributed by atoms with van der Waals surface area (Å²) in [6.45, 7) is 0. The fraction of sp³-hybridized carbons (Fsp3) is 1.00. The number of hydrogen-bond acceptors (Lipinski definition) is 8. The molecule has 0 aliphatic rings. The SMILES string of the molecule is CNOOSCCSOO[O-].[K+]. The van der Waals surface area contributed by atoms with Crippen molar-refractivity contribution in [1.29, 1.82) is 0 Å². The van der Waals surface area contributed by atoms with Gasteiger partial charge in [0, 0.05) is 42.6 Å². The molecule has 0 saturated heterocycles. The van der Waals surface area contributed by atoms with Gasteiger partial charge in [-0.05, 0) is 0 Å². The molecule has 0 aliphatic carbocycles. The molecule has 0 heterocycles. The van der Waals surface area contributed by atoms with Crippen molar-refractivity contribution in [3.05, 3.63) is 0 Å². The van der Waals surface area contributed by atoms with Crippen LogP contribution < -0.4 is 62.1 Å². The van der Waals surface area contributed by atoms with E-state index < -0.39 is 0 Å². The summed E-state index contributed by atoms with van der Waals surface area (Å²) < 4.78 is 8.46. The van der Waals surface area contributed by atoms with Crippen molar-refractivity contribution in [1.82, 2.24) is 5.48 Å². The molecule has 0 unspecified atom stereocenters. The molecule has 0 fully saturated rings. The Labute approximate surface area is 122 Å². The minimum Gasteiger partial charge on any atom is -0.691 e. The summed E-state index contributed by atoms with van der Waals surface area (Å²) in [5.74, 6) is 1.19. The average molecular weight is 241 g/mol. The molecule has 12 heavy (non-hydrogen) atoms. The van der Waals surface area contributed by atoms with Crippen molar-refractivity contribution in [3.8, 4) is 0 Å². The standard InChI is InChI=1S/C3H9NO5S2.K/c1-4-6-8-10-2-3-11-9-7-5;/h4-5H,2-3H2,1H3;/q;+1/p-1. The molecule has 0 spiro atoms. The van der Waals surface area contributed by atoms with Crippen molar-refractivity contribution in [2.24, 2.45) is 0 Å². The van der Waals surface area contributed by atoms with Crippen LogP contribution in [0.1, 0.15) is 0 Å². The summed E-state index contributed by atoms with van der Waals surface area (Å²) >= 11 is 1.98. The smallest absolute Gasteiger partial charge is 0.691 e. The quantitative estimate of drug-likeness (QED) is 0.155. The van der Waals surface area contributed by atoms with Gasteiger partial charge in [0.25, 0.3) is 0 Å². The molecule has 0 atom stereocenters. The van der Waals surface area contributed by atoms with Crippen molar-refractivity contribution in [2.45, 2.75) is 0 Å². The molecule has 0 aliphatic heterocycles. The zero-order valence-electron chi connectivity index (χ0n) is 6.77. The molecular formula is C3H8KNO5S2. The van der Waals surface area contributed by atoms with Crippen molar-refractivity contribution >= 4 is 24.1 Å². The molecular weight excluding hydrogens is 233 g/mol. The Kier molecular flexibility index (Phi) is 21.4. The zero-order chi connectivity index (χ0) is 8.36. The van der Waals surface area contributed by atoms with Crippen LogP contribution in [0.4, 0.5) is 0 Å². The minimum atomic E-state index is 0. The van der Waals surface area contributed by atoms with Crippen LogP contribution in [0.3, 0.4) is 0 Å². The second-order valence-electron chi connectivity index (χ2n) is 1.14. The average Bonchev–Trinajstić information content (AvgIpc) is 2.03. The monoisotopic (exact) mass is 241 g/mol. The fourth-order valence-electron chi connectivity index (χ4n) is 0.214. The molecule has 0 radical (unpaired) electrons. The van der Waals surface area contributed by atoms with Crippen LogP contribution in [0.15, 0.2) is 0 Å². The molecule has 0 amide bonds. The Morgan fingerprint density at radius 2 is 1.83 bits per heavy atom. The van der Waals surface area contributed by atoms with E-state index in [1.54, 1.807) is 7.05 Å². The molecule has 0 aromatic heterocycles. The van der Waals surface area contributed by atoms with E-state index in [1.165, 1.54) is 0 Å². The number of nitrogens with one attached hydrogen (secondary N) is 1. The maximum Gasteiger partial charge on any atom is 1.00 e. The molecule has 9 heteroatoms. The summed E-state index contributed by atoms with van der Waals surface area (Å²) in [4.78, 5) is 4.31. The third kappa shape index (κ3) is 14.6. The predicted octanol–water partition coefficient (Wildman–Crippen LogP) is -3.41. The van der Waals surface area contributed by atoms with Gasteiger partial charge in [-0.3, -0.25) is 5.04 Å². The molecule has 6 nitrogen and oxygen atoms in total. The molecule has 0 saturated carbocycles. The Balaban J connectivity index is 0. The topological polar surface area (TPSA) is 72.0 Å². The van der Waals surface area contributed by atoms with Gasteiger partial charge in [-0.1, -0.05) is 0 Å². The molecule has 0 bridgehead atoms. The maximum absolute atomic E-state index is 9.25. The Hall–Kier alpha value is 2.10. The fourth-order valence-corrected chi connectivity index (χ4v) is 1.05. The predicted molar refractivity (Wildman–Crippen MR) is 38.3 cm³/mol. The van der Waals surface area contributed by atoms with Crippen LogP contribution in [0.25, 0.3) is 0 Å². The third-order valence-electron chi connectivity index (χ3n) is 0.491. The van der Waals surface area contributed by atoms with Gasteiger partial charge in [-0.2, -0.15) is 9.81 Å². The Morgan fingerprint density at radius 3 is 2.33 bits per heavy atom. The van der Waals surface area contributed by atoms with E-state index in [4.69, 9.17) is 0 Å². The molecule has 0 aromatic rings. The van der Waals surface area contributed by atoms with Crippen LogP contribution in [0.5, 0.6) is 0 Å². The van der Waals surface area contributed by atoms with Gasteiger partial charge in [0.05, 0.1) is 0 Å². The van der Waals surface area contributed by atoms with E-state index in [2.05, 4.69) is 24.2 Å². The first-order chi connectivity index (χ1) is 5.41. The summed E-state index contributed by atoms with van der Waals surface area (Å²) in [7, 11) is 1.57. The van der Waals surface area contributed by atoms with Gasteiger partial charge in [0.15, 0.2) is 0 Å². The minimum absolute atomic E-state index is 0. The first-order valence-corrected chi connectivity index (χ1v) is 4.44. The van der Waals surface area contributed by atoms with Crippen molar-refractivity contribution in [2.75, 3.05) is 18.6 Å². The van der Waals surface area contributed by atoms with Gasteiger partial charge in [-0.15, -0.1) is 9.32 Å². The first-order valence-electron chi connectivity index (χ1n) is 2.61. The maximum atomic E-state index is 9.25. The second-order valence-corrected chi connectivity index (χ2v) is 2.70. The van der Waals surface area contributed by atoms with Gasteiger partial charge >= 0.3 is 51.4 Å². The summed E-state index contributed by atoms with van der Waals surface area (Å²) in [6.07, 6.45) is 0. The molecule has 1 N–H and O–H groups in total. The summed E-state index contributed by atoms with van der Waals surface area (Å²) in [5, 5.41) is 12.3.